The molecule has 2 heterocycles. The zero-order valence-corrected chi connectivity index (χ0v) is 18.3. The Morgan fingerprint density at radius 1 is 0.853 bits per heavy atom. The van der Waals surface area contributed by atoms with E-state index in [-0.39, 0.29) is 0 Å². The molecule has 0 aliphatic heterocycles. The van der Waals surface area contributed by atoms with Gasteiger partial charge in [-0.1, -0.05) is 54.3 Å². The van der Waals surface area contributed by atoms with E-state index in [9.17, 15) is 0 Å². The van der Waals surface area contributed by atoms with E-state index in [0.717, 1.165) is 17.5 Å². The number of hydrogen-bond acceptors (Lipinski definition) is 0. The van der Waals surface area contributed by atoms with Crippen molar-refractivity contribution in [2.24, 2.45) is 0 Å². The van der Waals surface area contributed by atoms with Gasteiger partial charge in [0.1, 0.15) is 0 Å². The summed E-state index contributed by atoms with van der Waals surface area (Å²) in [7, 11) is 0. The number of hydrogen-bond donors (Lipinski definition) is 1. The van der Waals surface area contributed by atoms with E-state index in [4.69, 9.17) is 0 Å². The maximum absolute atomic E-state index is 3.71. The lowest BCUT2D eigenvalue weighted by Crippen LogP contribution is -1.92. The van der Waals surface area contributed by atoms with Gasteiger partial charge in [0.15, 0.2) is 0 Å². The van der Waals surface area contributed by atoms with E-state index in [1.165, 1.54) is 60.5 Å². The summed E-state index contributed by atoms with van der Waals surface area (Å²) in [5.74, 6) is 0. The first-order valence-corrected chi connectivity index (χ1v) is 11.6. The Hall–Kier alpha value is -4.70. The Bertz CT molecular complexity index is 1960. The first kappa shape index (κ1) is 17.8. The molecular formula is C32H18N2. The van der Waals surface area contributed by atoms with Crippen molar-refractivity contribution in [1.29, 1.82) is 0 Å². The van der Waals surface area contributed by atoms with Crippen LogP contribution >= 0.6 is 0 Å². The van der Waals surface area contributed by atoms with Gasteiger partial charge < -0.3 is 9.55 Å². The molecule has 156 valence electrons. The molecule has 8 rings (SSSR count). The molecule has 0 saturated carbocycles. The van der Waals surface area contributed by atoms with Crippen molar-refractivity contribution in [2.75, 3.05) is 0 Å². The van der Waals surface area contributed by atoms with Gasteiger partial charge in [0, 0.05) is 44.6 Å². The van der Waals surface area contributed by atoms with Crippen molar-refractivity contribution in [3.63, 3.8) is 0 Å². The summed E-state index contributed by atoms with van der Waals surface area (Å²) >= 11 is 0. The predicted molar refractivity (Wildman–Crippen MR) is 141 cm³/mol. The largest absolute Gasteiger partial charge is 0.357 e. The van der Waals surface area contributed by atoms with Crippen LogP contribution in [0.2, 0.25) is 0 Å². The van der Waals surface area contributed by atoms with E-state index in [0.29, 0.717) is 0 Å². The van der Waals surface area contributed by atoms with Gasteiger partial charge in [-0.05, 0) is 65.8 Å². The fourth-order valence-corrected chi connectivity index (χ4v) is 5.68. The van der Waals surface area contributed by atoms with E-state index >= 15 is 0 Å². The Kier molecular flexibility index (Phi) is 3.36. The maximum Gasteiger partial charge on any atom is 0.0891 e. The summed E-state index contributed by atoms with van der Waals surface area (Å²) in [6, 6.07) is 30.2. The summed E-state index contributed by atoms with van der Waals surface area (Å²) in [6.07, 6.45) is 9.42. The van der Waals surface area contributed by atoms with Crippen molar-refractivity contribution in [3.05, 3.63) is 120 Å². The van der Waals surface area contributed by atoms with Crippen LogP contribution in [0.15, 0.2) is 90.7 Å². The molecule has 6 aromatic rings. The van der Waals surface area contributed by atoms with Gasteiger partial charge in [-0.2, -0.15) is 0 Å². The highest BCUT2D eigenvalue weighted by molar-refractivity contribution is 6.13. The molecule has 0 atom stereocenters. The minimum atomic E-state index is 0.912. The molecule has 2 aromatic heterocycles. The SMILES string of the molecule is C1=CC=CC=1n1c2ccccc2c2cc(C3=Cc4c([nH]c5c4ccc4c#cccc45)C3)ccc21. The fraction of sp³-hybridized carbons (Fsp3) is 0.0312. The van der Waals surface area contributed by atoms with Crippen LogP contribution in [-0.4, -0.2) is 9.55 Å². The third-order valence-electron chi connectivity index (χ3n) is 7.23. The molecule has 34 heavy (non-hydrogen) atoms. The molecule has 2 aliphatic carbocycles. The zero-order chi connectivity index (χ0) is 22.2. The third-order valence-corrected chi connectivity index (χ3v) is 7.23. The number of aromatic nitrogens is 2. The van der Waals surface area contributed by atoms with E-state index in [1.807, 2.05) is 18.2 Å². The Labute approximate surface area is 196 Å². The van der Waals surface area contributed by atoms with Gasteiger partial charge in [0.25, 0.3) is 0 Å². The zero-order valence-electron chi connectivity index (χ0n) is 18.3. The van der Waals surface area contributed by atoms with Crippen LogP contribution in [0.4, 0.5) is 0 Å². The monoisotopic (exact) mass is 430 g/mol. The molecule has 0 saturated heterocycles. The minimum absolute atomic E-state index is 0.912. The Balaban J connectivity index is 1.31. The minimum Gasteiger partial charge on any atom is -0.357 e. The normalized spacial score (nSPS) is 14.4. The van der Waals surface area contributed by atoms with Gasteiger partial charge in [-0.15, -0.1) is 0 Å². The van der Waals surface area contributed by atoms with Gasteiger partial charge in [0.2, 0.25) is 0 Å². The smallest absolute Gasteiger partial charge is 0.0891 e. The first-order valence-electron chi connectivity index (χ1n) is 11.6. The fourth-order valence-electron chi connectivity index (χ4n) is 5.68. The number of aromatic amines is 1. The summed E-state index contributed by atoms with van der Waals surface area (Å²) < 4.78 is 2.31. The number of benzene rings is 3. The summed E-state index contributed by atoms with van der Waals surface area (Å²) in [6.45, 7) is 0. The summed E-state index contributed by atoms with van der Waals surface area (Å²) in [5, 5.41) is 6.14. The van der Waals surface area contributed by atoms with Crippen LogP contribution in [0.5, 0.6) is 0 Å². The van der Waals surface area contributed by atoms with Crippen molar-refractivity contribution in [2.45, 2.75) is 6.42 Å². The molecule has 0 amide bonds. The van der Waals surface area contributed by atoms with Crippen LogP contribution < -0.4 is 0 Å². The lowest BCUT2D eigenvalue weighted by Gasteiger charge is -2.07. The van der Waals surface area contributed by atoms with Gasteiger partial charge in [0.05, 0.1) is 22.2 Å². The highest BCUT2D eigenvalue weighted by Gasteiger charge is 2.21. The molecule has 0 radical (unpaired) electrons. The van der Waals surface area contributed by atoms with Crippen molar-refractivity contribution >= 4 is 60.8 Å². The topological polar surface area (TPSA) is 20.7 Å². The molecule has 2 nitrogen and oxygen atoms in total. The molecule has 0 bridgehead atoms. The predicted octanol–water partition coefficient (Wildman–Crippen LogP) is 7.69. The van der Waals surface area contributed by atoms with Gasteiger partial charge in [-0.3, -0.25) is 0 Å². The standard InChI is InChI=1S/C32H18N2/c1-4-10-24-20(7-1)13-15-26-27-18-22(19-29(27)33-32(24)26)21-14-16-31-28(17-21)25-11-5-6-12-30(25)34(31)23-8-2-3-9-23/h2-6,8,10-18,33H,19H2. The number of rotatable bonds is 2. The second-order valence-corrected chi connectivity index (χ2v) is 9.06. The number of H-pyrrole nitrogens is 1. The number of nitrogens with zero attached hydrogens (tertiary/aromatic N) is 1. The Morgan fingerprint density at radius 3 is 2.74 bits per heavy atom. The highest BCUT2D eigenvalue weighted by Crippen LogP contribution is 2.40. The van der Waals surface area contributed by atoms with E-state index < -0.39 is 0 Å². The maximum atomic E-state index is 3.71. The average molecular weight is 431 g/mol. The van der Waals surface area contributed by atoms with Crippen molar-refractivity contribution < 1.29 is 0 Å². The summed E-state index contributed by atoms with van der Waals surface area (Å²) in [4.78, 5) is 3.71. The van der Waals surface area contributed by atoms with Crippen LogP contribution in [0.25, 0.3) is 60.8 Å². The number of nitrogens with one attached hydrogen (secondary N) is 1. The lowest BCUT2D eigenvalue weighted by atomic mass is 10.0. The van der Waals surface area contributed by atoms with Crippen molar-refractivity contribution in [3.8, 4) is 0 Å². The molecule has 2 aliphatic rings. The second kappa shape index (κ2) is 6.42. The molecule has 1 N–H and O–H groups in total. The van der Waals surface area contributed by atoms with Crippen molar-refractivity contribution in [1.82, 2.24) is 9.55 Å². The van der Waals surface area contributed by atoms with E-state index in [1.54, 1.807) is 0 Å². The second-order valence-electron chi connectivity index (χ2n) is 9.06. The van der Waals surface area contributed by atoms with Crippen LogP contribution in [-0.2, 0) is 6.42 Å². The number of fused-ring (bicyclic) bond motifs is 8. The molecule has 0 unspecified atom stereocenters. The summed E-state index contributed by atoms with van der Waals surface area (Å²) in [5.41, 5.74) is 13.3. The molecule has 0 spiro atoms. The Morgan fingerprint density at radius 2 is 1.79 bits per heavy atom. The average Bonchev–Trinajstić information content (AvgIpc) is 3.65. The van der Waals surface area contributed by atoms with Crippen LogP contribution in [0.3, 0.4) is 0 Å². The highest BCUT2D eigenvalue weighted by atomic mass is 15.0. The van der Waals surface area contributed by atoms with Gasteiger partial charge >= 0.3 is 0 Å². The van der Waals surface area contributed by atoms with Gasteiger partial charge in [-0.25, -0.2) is 0 Å². The molecule has 0 fully saturated rings. The number of para-hydroxylation sites is 1. The molecule has 2 heteroatoms. The first-order chi connectivity index (χ1) is 16.8. The number of allylic oxidation sites excluding steroid dienone is 4. The quantitative estimate of drug-likeness (QED) is 0.272. The van der Waals surface area contributed by atoms with E-state index in [2.05, 4.69) is 100 Å². The van der Waals surface area contributed by atoms with Crippen LogP contribution in [0, 0.1) is 12.1 Å². The third kappa shape index (κ3) is 2.32. The molecular weight excluding hydrogens is 412 g/mol. The lowest BCUT2D eigenvalue weighted by molar-refractivity contribution is 1.21. The molecule has 4 aromatic carbocycles. The van der Waals surface area contributed by atoms with Crippen LogP contribution in [0.1, 0.15) is 16.8 Å².